The van der Waals surface area contributed by atoms with E-state index in [0.29, 0.717) is 0 Å². The van der Waals surface area contributed by atoms with Crippen LogP contribution in [0, 0.1) is 5.92 Å². The van der Waals surface area contributed by atoms with E-state index in [1.54, 1.807) is 0 Å². The Bertz CT molecular complexity index is 227. The largest absolute Gasteiger partial charge is 0.469 e. The van der Waals surface area contributed by atoms with Crippen molar-refractivity contribution in [2.75, 3.05) is 0 Å². The Hall–Kier alpha value is 0.110. The zero-order valence-corrected chi connectivity index (χ0v) is 12.2. The molecule has 5 heteroatoms. The van der Waals surface area contributed by atoms with Crippen LogP contribution in [0.25, 0.3) is 0 Å². The summed E-state index contributed by atoms with van der Waals surface area (Å²) in [5, 5.41) is 0. The lowest BCUT2D eigenvalue weighted by Crippen LogP contribution is -2.20. The van der Waals surface area contributed by atoms with E-state index in [1.165, 1.54) is 19.3 Å². The van der Waals surface area contributed by atoms with Gasteiger partial charge in [0.15, 0.2) is 0 Å². The van der Waals surface area contributed by atoms with Crippen molar-refractivity contribution in [3.05, 3.63) is 0 Å². The van der Waals surface area contributed by atoms with Gasteiger partial charge in [-0.05, 0) is 12.3 Å². The van der Waals surface area contributed by atoms with Gasteiger partial charge in [-0.15, -0.1) is 0 Å². The van der Waals surface area contributed by atoms with Crippen LogP contribution >= 0.6 is 7.82 Å². The second-order valence-corrected chi connectivity index (χ2v) is 5.91. The molecule has 4 nitrogen and oxygen atoms in total. The van der Waals surface area contributed by atoms with E-state index in [4.69, 9.17) is 14.3 Å². The van der Waals surface area contributed by atoms with Gasteiger partial charge in [-0.2, -0.15) is 0 Å². The summed E-state index contributed by atoms with van der Waals surface area (Å²) in [5.41, 5.74) is 0. The van der Waals surface area contributed by atoms with Gasteiger partial charge in [-0.25, -0.2) is 4.57 Å². The third-order valence-corrected chi connectivity index (χ3v) is 3.69. The van der Waals surface area contributed by atoms with Gasteiger partial charge in [0.25, 0.3) is 0 Å². The molecule has 104 valence electrons. The first-order valence-corrected chi connectivity index (χ1v) is 8.17. The third-order valence-electron chi connectivity index (χ3n) is 3.14. The fraction of sp³-hybridized carbons (Fsp3) is 1.00. The molecule has 0 aliphatic heterocycles. The van der Waals surface area contributed by atoms with Crippen molar-refractivity contribution < 1.29 is 18.9 Å². The van der Waals surface area contributed by atoms with Crippen molar-refractivity contribution >= 4 is 7.82 Å². The number of hydrogen-bond acceptors (Lipinski definition) is 2. The number of unbranched alkanes of at least 4 members (excludes halogenated alkanes) is 4. The molecule has 0 saturated carbocycles. The standard InChI is InChI=1S/C12H27O4P/c1-4-6-7-8-9-10-12(11(3)5-2)16-17(13,14)15/h11-12H,4-10H2,1-3H3,(H2,13,14,15). The van der Waals surface area contributed by atoms with Crippen LogP contribution in [0.2, 0.25) is 0 Å². The average molecular weight is 266 g/mol. The number of phosphoric ester groups is 1. The molecule has 0 aromatic heterocycles. The summed E-state index contributed by atoms with van der Waals surface area (Å²) in [6, 6.07) is 0. The predicted molar refractivity (Wildman–Crippen MR) is 69.7 cm³/mol. The first-order valence-electron chi connectivity index (χ1n) is 6.64. The molecule has 0 heterocycles. The maximum Gasteiger partial charge on any atom is 0.469 e. The highest BCUT2D eigenvalue weighted by atomic mass is 31.2. The lowest BCUT2D eigenvalue weighted by atomic mass is 9.96. The second-order valence-electron chi connectivity index (χ2n) is 4.72. The molecule has 0 aliphatic rings. The van der Waals surface area contributed by atoms with Crippen LogP contribution in [0.15, 0.2) is 0 Å². The summed E-state index contributed by atoms with van der Waals surface area (Å²) in [6.45, 7) is 6.16. The van der Waals surface area contributed by atoms with E-state index in [-0.39, 0.29) is 12.0 Å². The fourth-order valence-corrected chi connectivity index (χ4v) is 2.50. The molecule has 0 saturated heterocycles. The van der Waals surface area contributed by atoms with Crippen LogP contribution in [0.3, 0.4) is 0 Å². The Kier molecular flexibility index (Phi) is 9.15. The maximum absolute atomic E-state index is 10.9. The van der Waals surface area contributed by atoms with Gasteiger partial charge in [-0.3, -0.25) is 4.52 Å². The number of rotatable bonds is 10. The molecule has 0 aromatic rings. The molecular formula is C12H27O4P. The van der Waals surface area contributed by atoms with Crippen LogP contribution in [-0.4, -0.2) is 15.9 Å². The molecule has 2 atom stereocenters. The Morgan fingerprint density at radius 2 is 1.71 bits per heavy atom. The molecule has 0 spiro atoms. The molecule has 2 N–H and O–H groups in total. The van der Waals surface area contributed by atoms with Gasteiger partial charge in [0, 0.05) is 0 Å². The molecule has 0 amide bonds. The first kappa shape index (κ1) is 17.1. The average Bonchev–Trinajstić information content (AvgIpc) is 2.24. The van der Waals surface area contributed by atoms with Crippen LogP contribution in [-0.2, 0) is 9.09 Å². The predicted octanol–water partition coefficient (Wildman–Crippen LogP) is 3.87. The molecule has 0 rings (SSSR count). The third kappa shape index (κ3) is 9.78. The van der Waals surface area contributed by atoms with Crippen LogP contribution in [0.4, 0.5) is 0 Å². The number of phosphoric acid groups is 1. The molecule has 0 bridgehead atoms. The minimum absolute atomic E-state index is 0.189. The SMILES string of the molecule is CCCCCCCC(OP(=O)(O)O)C(C)CC. The van der Waals surface area contributed by atoms with Crippen molar-refractivity contribution in [1.29, 1.82) is 0 Å². The van der Waals surface area contributed by atoms with E-state index in [1.807, 2.05) is 13.8 Å². The molecule has 0 fully saturated rings. The van der Waals surface area contributed by atoms with Crippen LogP contribution in [0.5, 0.6) is 0 Å². The Balaban J connectivity index is 3.99. The van der Waals surface area contributed by atoms with Crippen LogP contribution < -0.4 is 0 Å². The fourth-order valence-electron chi connectivity index (χ4n) is 1.83. The van der Waals surface area contributed by atoms with E-state index < -0.39 is 7.82 Å². The van der Waals surface area contributed by atoms with E-state index in [0.717, 1.165) is 25.7 Å². The zero-order chi connectivity index (χ0) is 13.3. The normalized spacial score (nSPS) is 15.8. The van der Waals surface area contributed by atoms with E-state index in [9.17, 15) is 4.57 Å². The smallest absolute Gasteiger partial charge is 0.303 e. The molecule has 17 heavy (non-hydrogen) atoms. The van der Waals surface area contributed by atoms with Gasteiger partial charge in [0.1, 0.15) is 0 Å². The zero-order valence-electron chi connectivity index (χ0n) is 11.3. The molecule has 0 radical (unpaired) electrons. The van der Waals surface area contributed by atoms with Crippen molar-refractivity contribution in [3.63, 3.8) is 0 Å². The first-order chi connectivity index (χ1) is 7.90. The highest BCUT2D eigenvalue weighted by Gasteiger charge is 2.25. The summed E-state index contributed by atoms with van der Waals surface area (Å²) >= 11 is 0. The number of hydrogen-bond donors (Lipinski definition) is 2. The summed E-state index contributed by atoms with van der Waals surface area (Å²) < 4.78 is 15.7. The van der Waals surface area contributed by atoms with Crippen molar-refractivity contribution in [3.8, 4) is 0 Å². The highest BCUT2D eigenvalue weighted by Crippen LogP contribution is 2.40. The summed E-state index contributed by atoms with van der Waals surface area (Å²) in [6.07, 6.45) is 7.02. The summed E-state index contributed by atoms with van der Waals surface area (Å²) in [5.74, 6) is 0.189. The molecule has 0 aromatic carbocycles. The minimum atomic E-state index is -4.35. The van der Waals surface area contributed by atoms with Crippen LogP contribution in [0.1, 0.15) is 65.7 Å². The van der Waals surface area contributed by atoms with Gasteiger partial charge in [0.05, 0.1) is 6.10 Å². The topological polar surface area (TPSA) is 66.8 Å². The Morgan fingerprint density at radius 1 is 1.12 bits per heavy atom. The maximum atomic E-state index is 10.9. The Labute approximate surface area is 105 Å². The van der Waals surface area contributed by atoms with Crippen molar-refractivity contribution in [2.45, 2.75) is 71.8 Å². The van der Waals surface area contributed by atoms with E-state index >= 15 is 0 Å². The minimum Gasteiger partial charge on any atom is -0.303 e. The molecule has 2 unspecified atom stereocenters. The highest BCUT2D eigenvalue weighted by molar-refractivity contribution is 7.46. The van der Waals surface area contributed by atoms with Gasteiger partial charge in [-0.1, -0.05) is 59.3 Å². The van der Waals surface area contributed by atoms with Gasteiger partial charge < -0.3 is 9.79 Å². The van der Waals surface area contributed by atoms with Crippen molar-refractivity contribution in [1.82, 2.24) is 0 Å². The Morgan fingerprint density at radius 3 is 2.18 bits per heavy atom. The summed E-state index contributed by atoms with van der Waals surface area (Å²) in [4.78, 5) is 17.7. The summed E-state index contributed by atoms with van der Waals surface area (Å²) in [7, 11) is -4.35. The van der Waals surface area contributed by atoms with Gasteiger partial charge >= 0.3 is 7.82 Å². The lowest BCUT2D eigenvalue weighted by Gasteiger charge is -2.23. The molecule has 0 aliphatic carbocycles. The molecular weight excluding hydrogens is 239 g/mol. The van der Waals surface area contributed by atoms with Gasteiger partial charge in [0.2, 0.25) is 0 Å². The van der Waals surface area contributed by atoms with Crippen molar-refractivity contribution in [2.24, 2.45) is 5.92 Å². The quantitative estimate of drug-likeness (QED) is 0.465. The second kappa shape index (κ2) is 9.09. The monoisotopic (exact) mass is 266 g/mol. The lowest BCUT2D eigenvalue weighted by molar-refractivity contribution is 0.0838. The van der Waals surface area contributed by atoms with E-state index in [2.05, 4.69) is 6.92 Å².